The van der Waals surface area contributed by atoms with Crippen molar-refractivity contribution in [3.8, 4) is 5.88 Å². The molecule has 0 aliphatic heterocycles. The van der Waals surface area contributed by atoms with Gasteiger partial charge in [0.25, 0.3) is 0 Å². The quantitative estimate of drug-likeness (QED) is 0.457. The highest BCUT2D eigenvalue weighted by Gasteiger charge is 2.10. The fourth-order valence-corrected chi connectivity index (χ4v) is 2.37. The maximum Gasteiger partial charge on any atom is 0.248 e. The summed E-state index contributed by atoms with van der Waals surface area (Å²) in [6, 6.07) is 7.23. The summed E-state index contributed by atoms with van der Waals surface area (Å²) in [6.45, 7) is 2.77. The van der Waals surface area contributed by atoms with Gasteiger partial charge in [-0.3, -0.25) is 4.79 Å². The Morgan fingerprint density at radius 2 is 2.04 bits per heavy atom. The first-order valence-electron chi connectivity index (χ1n) is 7.55. The average Bonchev–Trinajstić information content (AvgIpc) is 2.57. The van der Waals surface area contributed by atoms with E-state index in [0.29, 0.717) is 29.6 Å². The molecule has 1 aromatic carbocycles. The van der Waals surface area contributed by atoms with Crippen LogP contribution >= 0.6 is 11.8 Å². The maximum absolute atomic E-state index is 11.1. The second kappa shape index (κ2) is 8.53. The highest BCUT2D eigenvalue weighted by Crippen LogP contribution is 2.22. The Morgan fingerprint density at radius 3 is 2.65 bits per heavy atom. The third kappa shape index (κ3) is 4.96. The highest BCUT2D eigenvalue weighted by molar-refractivity contribution is 7.98. The fraction of sp³-hybridized carbons (Fsp3) is 0.353. The number of unbranched alkanes of at least 4 members (excludes halogenated alkanes) is 1. The molecule has 6 heteroatoms. The maximum atomic E-state index is 11.1. The van der Waals surface area contributed by atoms with Crippen molar-refractivity contribution in [3.05, 3.63) is 47.2 Å². The Hall–Kier alpha value is -2.08. The normalized spacial score (nSPS) is 10.5. The molecule has 1 heterocycles. The van der Waals surface area contributed by atoms with Gasteiger partial charge in [0.1, 0.15) is 0 Å². The summed E-state index contributed by atoms with van der Waals surface area (Å²) >= 11 is 1.49. The number of hydrogen-bond acceptors (Lipinski definition) is 5. The van der Waals surface area contributed by atoms with Crippen LogP contribution in [-0.2, 0) is 6.42 Å². The van der Waals surface area contributed by atoms with Crippen LogP contribution in [0.1, 0.15) is 41.3 Å². The SMILES string of the molecule is CCCCOc1nc(SC)ncc1Cc1ccc(C(N)=O)cc1. The molecule has 0 bridgehead atoms. The summed E-state index contributed by atoms with van der Waals surface area (Å²) in [5, 5.41) is 0.698. The van der Waals surface area contributed by atoms with Crippen LogP contribution in [-0.4, -0.2) is 28.7 Å². The summed E-state index contributed by atoms with van der Waals surface area (Å²) < 4.78 is 5.82. The van der Waals surface area contributed by atoms with E-state index in [1.165, 1.54) is 11.8 Å². The van der Waals surface area contributed by atoms with Gasteiger partial charge in [0, 0.05) is 23.7 Å². The summed E-state index contributed by atoms with van der Waals surface area (Å²) in [6.07, 6.45) is 6.46. The van der Waals surface area contributed by atoms with Gasteiger partial charge in [0.2, 0.25) is 11.8 Å². The van der Waals surface area contributed by atoms with Gasteiger partial charge >= 0.3 is 0 Å². The van der Waals surface area contributed by atoms with Gasteiger partial charge in [-0.25, -0.2) is 4.98 Å². The lowest BCUT2D eigenvalue weighted by Crippen LogP contribution is -2.10. The van der Waals surface area contributed by atoms with Crippen molar-refractivity contribution in [2.24, 2.45) is 5.73 Å². The number of carbonyl (C=O) groups is 1. The van der Waals surface area contributed by atoms with E-state index in [1.807, 2.05) is 24.6 Å². The molecule has 0 saturated carbocycles. The molecule has 122 valence electrons. The molecule has 0 spiro atoms. The molecule has 2 aromatic rings. The van der Waals surface area contributed by atoms with E-state index in [-0.39, 0.29) is 0 Å². The molecular formula is C17H21N3O2S. The van der Waals surface area contributed by atoms with Gasteiger partial charge in [-0.1, -0.05) is 37.2 Å². The van der Waals surface area contributed by atoms with Gasteiger partial charge in [-0.05, 0) is 30.4 Å². The molecule has 0 saturated heterocycles. The molecule has 2 N–H and O–H groups in total. The number of nitrogens with two attached hydrogens (primary N) is 1. The van der Waals surface area contributed by atoms with E-state index < -0.39 is 5.91 Å². The van der Waals surface area contributed by atoms with Crippen LogP contribution in [0.25, 0.3) is 0 Å². The summed E-state index contributed by atoms with van der Waals surface area (Å²) in [4.78, 5) is 19.9. The van der Waals surface area contributed by atoms with Crippen LogP contribution in [0.4, 0.5) is 0 Å². The number of nitrogens with zero attached hydrogens (tertiary/aromatic N) is 2. The summed E-state index contributed by atoms with van der Waals surface area (Å²) in [5.41, 5.74) is 7.75. The molecule has 0 aliphatic carbocycles. The predicted octanol–water partition coefficient (Wildman–Crippen LogP) is 3.07. The fourth-order valence-electron chi connectivity index (χ4n) is 2.04. The molecule has 0 radical (unpaired) electrons. The van der Waals surface area contributed by atoms with E-state index in [1.54, 1.807) is 12.1 Å². The molecule has 2 rings (SSSR count). The molecule has 0 fully saturated rings. The third-order valence-electron chi connectivity index (χ3n) is 3.35. The summed E-state index contributed by atoms with van der Waals surface area (Å²) in [7, 11) is 0. The third-order valence-corrected chi connectivity index (χ3v) is 3.92. The zero-order chi connectivity index (χ0) is 16.7. The first-order valence-corrected chi connectivity index (χ1v) is 8.78. The lowest BCUT2D eigenvalue weighted by atomic mass is 10.1. The van der Waals surface area contributed by atoms with Crippen LogP contribution in [0.5, 0.6) is 5.88 Å². The first kappa shape index (κ1) is 17.3. The molecule has 23 heavy (non-hydrogen) atoms. The molecule has 0 aliphatic rings. The second-order valence-electron chi connectivity index (χ2n) is 5.13. The van der Waals surface area contributed by atoms with Gasteiger partial charge in [0.15, 0.2) is 5.16 Å². The van der Waals surface area contributed by atoms with Crippen molar-refractivity contribution in [1.29, 1.82) is 0 Å². The average molecular weight is 331 g/mol. The minimum absolute atomic E-state index is 0.423. The Bertz CT molecular complexity index is 659. The molecule has 0 atom stereocenters. The van der Waals surface area contributed by atoms with Crippen LogP contribution in [0, 0.1) is 0 Å². The van der Waals surface area contributed by atoms with Crippen molar-refractivity contribution >= 4 is 17.7 Å². The molecule has 5 nitrogen and oxygen atoms in total. The van der Waals surface area contributed by atoms with Crippen molar-refractivity contribution < 1.29 is 9.53 Å². The number of ether oxygens (including phenoxy) is 1. The highest BCUT2D eigenvalue weighted by atomic mass is 32.2. The smallest absolute Gasteiger partial charge is 0.248 e. The number of thioether (sulfide) groups is 1. The van der Waals surface area contributed by atoms with Crippen molar-refractivity contribution in [2.75, 3.05) is 12.9 Å². The molecule has 1 amide bonds. The lowest BCUT2D eigenvalue weighted by molar-refractivity contribution is 0.100. The van der Waals surface area contributed by atoms with E-state index in [0.717, 1.165) is 24.0 Å². The number of primary amides is 1. The standard InChI is InChI=1S/C17H21N3O2S/c1-3-4-9-22-16-14(11-19-17(20-16)23-2)10-12-5-7-13(8-6-12)15(18)21/h5-8,11H,3-4,9-10H2,1-2H3,(H2,18,21). The van der Waals surface area contributed by atoms with Crippen LogP contribution in [0.2, 0.25) is 0 Å². The zero-order valence-corrected chi connectivity index (χ0v) is 14.2. The number of rotatable bonds is 8. The topological polar surface area (TPSA) is 78.1 Å². The molecular weight excluding hydrogens is 310 g/mol. The number of benzene rings is 1. The Balaban J connectivity index is 2.18. The van der Waals surface area contributed by atoms with Gasteiger partial charge in [-0.2, -0.15) is 4.98 Å². The van der Waals surface area contributed by atoms with E-state index >= 15 is 0 Å². The van der Waals surface area contributed by atoms with Crippen LogP contribution in [0.3, 0.4) is 0 Å². The lowest BCUT2D eigenvalue weighted by Gasteiger charge is -2.11. The number of aromatic nitrogens is 2. The Kier molecular flexibility index (Phi) is 6.40. The van der Waals surface area contributed by atoms with E-state index in [4.69, 9.17) is 10.5 Å². The molecule has 1 aromatic heterocycles. The number of carbonyl (C=O) groups excluding carboxylic acids is 1. The summed E-state index contributed by atoms with van der Waals surface area (Å²) in [5.74, 6) is 0.213. The predicted molar refractivity (Wildman–Crippen MR) is 92.0 cm³/mol. The first-order chi connectivity index (χ1) is 11.1. The Morgan fingerprint density at radius 1 is 1.30 bits per heavy atom. The van der Waals surface area contributed by atoms with Gasteiger partial charge in [0.05, 0.1) is 6.61 Å². The number of hydrogen-bond donors (Lipinski definition) is 1. The molecule has 0 unspecified atom stereocenters. The van der Waals surface area contributed by atoms with Crippen LogP contribution in [0.15, 0.2) is 35.6 Å². The van der Waals surface area contributed by atoms with Crippen molar-refractivity contribution in [2.45, 2.75) is 31.3 Å². The minimum atomic E-state index is -0.423. The minimum Gasteiger partial charge on any atom is -0.477 e. The van der Waals surface area contributed by atoms with E-state index in [9.17, 15) is 4.79 Å². The monoisotopic (exact) mass is 331 g/mol. The van der Waals surface area contributed by atoms with Crippen LogP contribution < -0.4 is 10.5 Å². The number of amides is 1. The van der Waals surface area contributed by atoms with Gasteiger partial charge < -0.3 is 10.5 Å². The second-order valence-corrected chi connectivity index (χ2v) is 5.90. The zero-order valence-electron chi connectivity index (χ0n) is 13.4. The largest absolute Gasteiger partial charge is 0.477 e. The van der Waals surface area contributed by atoms with Gasteiger partial charge in [-0.15, -0.1) is 0 Å². The van der Waals surface area contributed by atoms with E-state index in [2.05, 4.69) is 16.9 Å². The van der Waals surface area contributed by atoms with Crippen molar-refractivity contribution in [3.63, 3.8) is 0 Å². The Labute approximate surface area is 140 Å². The van der Waals surface area contributed by atoms with Crippen molar-refractivity contribution in [1.82, 2.24) is 9.97 Å².